The van der Waals surface area contributed by atoms with E-state index in [2.05, 4.69) is 15.5 Å². The van der Waals surface area contributed by atoms with Crippen molar-refractivity contribution in [3.8, 4) is 0 Å². The lowest BCUT2D eigenvalue weighted by Crippen LogP contribution is -2.42. The normalized spacial score (nSPS) is 22.2. The first kappa shape index (κ1) is 15.8. The van der Waals surface area contributed by atoms with Crippen molar-refractivity contribution in [3.05, 3.63) is 30.2 Å². The SMILES string of the molecule is O=C(NCc1nnc2ccccn12)[C@@H]1CCCC[C@H]1C(F)(F)F. The maximum atomic E-state index is 13.1. The second kappa shape index (κ2) is 6.17. The molecule has 8 heteroatoms. The van der Waals surface area contributed by atoms with Crippen LogP contribution in [0.25, 0.3) is 5.65 Å². The minimum Gasteiger partial charge on any atom is -0.349 e. The summed E-state index contributed by atoms with van der Waals surface area (Å²) in [5.74, 6) is -2.62. The molecule has 1 saturated carbocycles. The summed E-state index contributed by atoms with van der Waals surface area (Å²) in [5.41, 5.74) is 0.627. The summed E-state index contributed by atoms with van der Waals surface area (Å²) in [4.78, 5) is 12.2. The van der Waals surface area contributed by atoms with Gasteiger partial charge >= 0.3 is 6.18 Å². The summed E-state index contributed by atoms with van der Waals surface area (Å²) in [5, 5.41) is 10.5. The van der Waals surface area contributed by atoms with E-state index in [9.17, 15) is 18.0 Å². The predicted molar refractivity (Wildman–Crippen MR) is 76.3 cm³/mol. The molecule has 1 fully saturated rings. The molecule has 5 nitrogen and oxygen atoms in total. The van der Waals surface area contributed by atoms with Crippen LogP contribution in [0.2, 0.25) is 0 Å². The smallest absolute Gasteiger partial charge is 0.349 e. The Labute approximate surface area is 130 Å². The Balaban J connectivity index is 1.68. The highest BCUT2D eigenvalue weighted by Crippen LogP contribution is 2.41. The monoisotopic (exact) mass is 326 g/mol. The van der Waals surface area contributed by atoms with Crippen molar-refractivity contribution in [2.75, 3.05) is 0 Å². The van der Waals surface area contributed by atoms with E-state index in [1.165, 1.54) is 0 Å². The summed E-state index contributed by atoms with van der Waals surface area (Å²) in [6.07, 6.45) is -1.12. The molecule has 1 amide bonds. The molecule has 2 heterocycles. The van der Waals surface area contributed by atoms with Gasteiger partial charge in [0.05, 0.1) is 12.5 Å². The Kier molecular flexibility index (Phi) is 4.23. The minimum atomic E-state index is -4.33. The summed E-state index contributed by atoms with van der Waals surface area (Å²) >= 11 is 0. The van der Waals surface area contributed by atoms with Crippen molar-refractivity contribution in [2.45, 2.75) is 38.4 Å². The summed E-state index contributed by atoms with van der Waals surface area (Å²) in [7, 11) is 0. The van der Waals surface area contributed by atoms with Crippen LogP contribution < -0.4 is 5.32 Å². The van der Waals surface area contributed by atoms with Crippen molar-refractivity contribution in [2.24, 2.45) is 11.8 Å². The van der Waals surface area contributed by atoms with E-state index in [1.807, 2.05) is 6.07 Å². The highest BCUT2D eigenvalue weighted by molar-refractivity contribution is 5.79. The second-order valence-electron chi connectivity index (χ2n) is 5.80. The van der Waals surface area contributed by atoms with Crippen LogP contribution in [-0.2, 0) is 11.3 Å². The Morgan fingerprint density at radius 3 is 2.83 bits per heavy atom. The first-order chi connectivity index (χ1) is 11.0. The van der Waals surface area contributed by atoms with Gasteiger partial charge in [0, 0.05) is 12.1 Å². The Hall–Kier alpha value is -2.12. The van der Waals surface area contributed by atoms with Crippen molar-refractivity contribution < 1.29 is 18.0 Å². The Morgan fingerprint density at radius 1 is 1.26 bits per heavy atom. The number of fused-ring (bicyclic) bond motifs is 1. The minimum absolute atomic E-state index is 0.0233. The van der Waals surface area contributed by atoms with E-state index < -0.39 is 23.9 Å². The summed E-state index contributed by atoms with van der Waals surface area (Å²) in [6.45, 7) is 0.0606. The van der Waals surface area contributed by atoms with Crippen LogP contribution in [0.15, 0.2) is 24.4 Å². The van der Waals surface area contributed by atoms with Gasteiger partial charge in [0.1, 0.15) is 0 Å². The maximum absolute atomic E-state index is 13.1. The van der Waals surface area contributed by atoms with Crippen LogP contribution >= 0.6 is 0 Å². The van der Waals surface area contributed by atoms with Gasteiger partial charge in [0.25, 0.3) is 0 Å². The molecule has 0 saturated heterocycles. The van der Waals surface area contributed by atoms with Crippen LogP contribution in [0.1, 0.15) is 31.5 Å². The molecule has 2 aromatic rings. The number of carbonyl (C=O) groups excluding carboxylic acids is 1. The van der Waals surface area contributed by atoms with Gasteiger partial charge in [0.15, 0.2) is 11.5 Å². The average molecular weight is 326 g/mol. The third-order valence-corrected chi connectivity index (χ3v) is 4.33. The van der Waals surface area contributed by atoms with Gasteiger partial charge < -0.3 is 5.32 Å². The lowest BCUT2D eigenvalue weighted by Gasteiger charge is -2.31. The number of halogens is 3. The van der Waals surface area contributed by atoms with E-state index in [0.29, 0.717) is 24.3 Å². The van der Waals surface area contributed by atoms with Crippen LogP contribution in [-0.4, -0.2) is 26.7 Å². The highest BCUT2D eigenvalue weighted by atomic mass is 19.4. The average Bonchev–Trinajstić information content (AvgIpc) is 2.95. The number of hydrogen-bond acceptors (Lipinski definition) is 3. The standard InChI is InChI=1S/C15H17F3N4O/c16-15(17,18)11-6-2-1-5-10(11)14(23)19-9-13-21-20-12-7-3-4-8-22(12)13/h3-4,7-8,10-11H,1-2,5-6,9H2,(H,19,23)/t10-,11-/m1/s1. The van der Waals surface area contributed by atoms with E-state index in [1.54, 1.807) is 22.7 Å². The van der Waals surface area contributed by atoms with E-state index in [-0.39, 0.29) is 19.4 Å². The second-order valence-corrected chi connectivity index (χ2v) is 5.80. The largest absolute Gasteiger partial charge is 0.392 e. The van der Waals surface area contributed by atoms with Gasteiger partial charge in [-0.25, -0.2) is 0 Å². The number of amides is 1. The molecule has 23 heavy (non-hydrogen) atoms. The Bertz CT molecular complexity index is 697. The molecule has 0 bridgehead atoms. The maximum Gasteiger partial charge on any atom is 0.392 e. The molecule has 1 N–H and O–H groups in total. The molecule has 2 aromatic heterocycles. The van der Waals surface area contributed by atoms with Gasteiger partial charge in [-0.3, -0.25) is 9.20 Å². The zero-order valence-electron chi connectivity index (χ0n) is 12.4. The molecule has 0 aromatic carbocycles. The molecule has 0 spiro atoms. The molecular formula is C15H17F3N4O. The van der Waals surface area contributed by atoms with E-state index in [0.717, 1.165) is 0 Å². The summed E-state index contributed by atoms with van der Waals surface area (Å²) < 4.78 is 40.9. The molecule has 0 radical (unpaired) electrons. The molecule has 0 unspecified atom stereocenters. The number of nitrogens with one attached hydrogen (secondary N) is 1. The lowest BCUT2D eigenvalue weighted by atomic mass is 9.78. The first-order valence-electron chi connectivity index (χ1n) is 7.60. The fourth-order valence-corrected chi connectivity index (χ4v) is 3.15. The van der Waals surface area contributed by atoms with Gasteiger partial charge in [-0.05, 0) is 25.0 Å². The topological polar surface area (TPSA) is 59.3 Å². The van der Waals surface area contributed by atoms with Gasteiger partial charge in [-0.15, -0.1) is 10.2 Å². The number of alkyl halides is 3. The molecule has 3 rings (SSSR count). The summed E-state index contributed by atoms with van der Waals surface area (Å²) in [6, 6.07) is 5.37. The van der Waals surface area contributed by atoms with Crippen molar-refractivity contribution in [1.29, 1.82) is 0 Å². The van der Waals surface area contributed by atoms with Crippen LogP contribution in [0.4, 0.5) is 13.2 Å². The molecular weight excluding hydrogens is 309 g/mol. The number of nitrogens with zero attached hydrogens (tertiary/aromatic N) is 3. The predicted octanol–water partition coefficient (Wildman–Crippen LogP) is 2.71. The number of pyridine rings is 1. The van der Waals surface area contributed by atoms with Crippen LogP contribution in [0, 0.1) is 11.8 Å². The van der Waals surface area contributed by atoms with Crippen molar-refractivity contribution in [3.63, 3.8) is 0 Å². The number of aromatic nitrogens is 3. The van der Waals surface area contributed by atoms with Gasteiger partial charge in [-0.1, -0.05) is 18.9 Å². The van der Waals surface area contributed by atoms with Crippen molar-refractivity contribution in [1.82, 2.24) is 19.9 Å². The molecule has 1 aliphatic carbocycles. The number of hydrogen-bond donors (Lipinski definition) is 1. The number of carbonyl (C=O) groups is 1. The third kappa shape index (κ3) is 3.30. The highest BCUT2D eigenvalue weighted by Gasteiger charge is 2.47. The van der Waals surface area contributed by atoms with Crippen LogP contribution in [0.5, 0.6) is 0 Å². The van der Waals surface area contributed by atoms with Crippen molar-refractivity contribution >= 4 is 11.6 Å². The number of rotatable bonds is 3. The van der Waals surface area contributed by atoms with Gasteiger partial charge in [-0.2, -0.15) is 13.2 Å². The van der Waals surface area contributed by atoms with E-state index in [4.69, 9.17) is 0 Å². The molecule has 0 aliphatic heterocycles. The third-order valence-electron chi connectivity index (χ3n) is 4.33. The zero-order chi connectivity index (χ0) is 16.4. The lowest BCUT2D eigenvalue weighted by molar-refractivity contribution is -0.198. The molecule has 124 valence electrons. The first-order valence-corrected chi connectivity index (χ1v) is 7.60. The van der Waals surface area contributed by atoms with Gasteiger partial charge in [0.2, 0.25) is 5.91 Å². The zero-order valence-corrected chi connectivity index (χ0v) is 12.4. The van der Waals surface area contributed by atoms with Crippen LogP contribution in [0.3, 0.4) is 0 Å². The quantitative estimate of drug-likeness (QED) is 0.943. The fourth-order valence-electron chi connectivity index (χ4n) is 3.15. The van der Waals surface area contributed by atoms with E-state index >= 15 is 0 Å². The molecule has 2 atom stereocenters. The molecule has 1 aliphatic rings. The fraction of sp³-hybridized carbons (Fsp3) is 0.533. The Morgan fingerprint density at radius 2 is 2.04 bits per heavy atom.